The lowest BCUT2D eigenvalue weighted by molar-refractivity contribution is -0.119. The molecule has 3 rings (SSSR count). The fourth-order valence-corrected chi connectivity index (χ4v) is 3.38. The number of hydrogen-bond acceptors (Lipinski definition) is 5. The van der Waals surface area contributed by atoms with Crippen molar-refractivity contribution >= 4 is 23.4 Å². The number of carbonyl (C=O) groups is 1. The van der Waals surface area contributed by atoms with Crippen LogP contribution in [-0.2, 0) is 11.2 Å². The predicted octanol–water partition coefficient (Wildman–Crippen LogP) is 2.97. The van der Waals surface area contributed by atoms with Gasteiger partial charge in [0.25, 0.3) is 5.78 Å². The van der Waals surface area contributed by atoms with Crippen molar-refractivity contribution in [2.45, 2.75) is 44.8 Å². The Balaban J connectivity index is 1.48. The zero-order valence-electron chi connectivity index (χ0n) is 15.3. The molecule has 1 N–H and O–H groups in total. The van der Waals surface area contributed by atoms with Crippen LogP contribution in [0, 0.1) is 13.8 Å². The quantitative estimate of drug-likeness (QED) is 0.648. The lowest BCUT2D eigenvalue weighted by atomic mass is 10.1. The average molecular weight is 369 g/mol. The molecule has 1 aromatic carbocycles. The Morgan fingerprint density at radius 2 is 2.00 bits per heavy atom. The Bertz CT molecular complexity index is 894. The minimum absolute atomic E-state index is 0.00437. The van der Waals surface area contributed by atoms with Crippen LogP contribution in [0.25, 0.3) is 5.78 Å². The van der Waals surface area contributed by atoms with Crippen LogP contribution in [-0.4, -0.2) is 37.3 Å². The first-order valence-electron chi connectivity index (χ1n) is 8.68. The number of amides is 1. The van der Waals surface area contributed by atoms with Gasteiger partial charge in [0, 0.05) is 17.4 Å². The van der Waals surface area contributed by atoms with Crippen molar-refractivity contribution in [3.63, 3.8) is 0 Å². The molecule has 0 saturated carbocycles. The van der Waals surface area contributed by atoms with Crippen molar-refractivity contribution in [3.8, 4) is 0 Å². The number of benzene rings is 1. The van der Waals surface area contributed by atoms with Gasteiger partial charge in [0.2, 0.25) is 11.1 Å². The molecule has 7 heteroatoms. The van der Waals surface area contributed by atoms with Crippen LogP contribution in [0.3, 0.4) is 0 Å². The summed E-state index contributed by atoms with van der Waals surface area (Å²) in [7, 11) is 0. The van der Waals surface area contributed by atoms with Gasteiger partial charge in [-0.1, -0.05) is 42.1 Å². The molecule has 0 radical (unpaired) electrons. The van der Waals surface area contributed by atoms with Crippen LogP contribution in [0.1, 0.15) is 30.3 Å². The van der Waals surface area contributed by atoms with Gasteiger partial charge in [-0.05, 0) is 45.2 Å². The summed E-state index contributed by atoms with van der Waals surface area (Å²) in [5.74, 6) is 0.863. The topological polar surface area (TPSA) is 72.2 Å². The number of aromatic nitrogens is 4. The first-order valence-corrected chi connectivity index (χ1v) is 9.67. The largest absolute Gasteiger partial charge is 0.353 e. The van der Waals surface area contributed by atoms with Gasteiger partial charge in [-0.2, -0.15) is 4.98 Å². The molecule has 2 heterocycles. The van der Waals surface area contributed by atoms with Crippen molar-refractivity contribution < 1.29 is 4.79 Å². The van der Waals surface area contributed by atoms with Gasteiger partial charge in [-0.25, -0.2) is 9.50 Å². The molecular formula is C19H23N5OS. The third-order valence-electron chi connectivity index (χ3n) is 4.05. The summed E-state index contributed by atoms with van der Waals surface area (Å²) < 4.78 is 1.70. The Morgan fingerprint density at radius 1 is 1.23 bits per heavy atom. The number of carbonyl (C=O) groups excluding carboxylic acids is 1. The predicted molar refractivity (Wildman–Crippen MR) is 103 cm³/mol. The van der Waals surface area contributed by atoms with Crippen LogP contribution < -0.4 is 5.32 Å². The van der Waals surface area contributed by atoms with Gasteiger partial charge < -0.3 is 5.32 Å². The van der Waals surface area contributed by atoms with Crippen molar-refractivity contribution in [2.24, 2.45) is 0 Å². The molecule has 2 aromatic heterocycles. The molecule has 0 aliphatic carbocycles. The smallest absolute Gasteiger partial charge is 0.253 e. The molecule has 1 atom stereocenters. The first kappa shape index (κ1) is 18.4. The summed E-state index contributed by atoms with van der Waals surface area (Å²) in [6, 6.07) is 12.4. The highest BCUT2D eigenvalue weighted by Crippen LogP contribution is 2.15. The minimum atomic E-state index is -0.00437. The number of nitrogens with one attached hydrogen (secondary N) is 1. The monoisotopic (exact) mass is 369 g/mol. The second-order valence-electron chi connectivity index (χ2n) is 6.43. The van der Waals surface area contributed by atoms with E-state index >= 15 is 0 Å². The highest BCUT2D eigenvalue weighted by atomic mass is 32.2. The van der Waals surface area contributed by atoms with Gasteiger partial charge in [0.1, 0.15) is 0 Å². The van der Waals surface area contributed by atoms with E-state index < -0.39 is 0 Å². The lowest BCUT2D eigenvalue weighted by Gasteiger charge is -2.13. The fraction of sp³-hybridized carbons (Fsp3) is 0.368. The van der Waals surface area contributed by atoms with E-state index in [4.69, 9.17) is 0 Å². The number of hydrogen-bond donors (Lipinski definition) is 1. The number of thioether (sulfide) groups is 1. The van der Waals surface area contributed by atoms with Crippen molar-refractivity contribution in [1.82, 2.24) is 24.9 Å². The van der Waals surface area contributed by atoms with Crippen LogP contribution in [0.4, 0.5) is 0 Å². The molecule has 6 nitrogen and oxygen atoms in total. The number of fused-ring (bicyclic) bond motifs is 1. The standard InChI is InChI=1S/C19H23N5OS/c1-13(9-10-16-7-5-4-6-8-16)20-17(25)12-26-19-22-18-21-14(2)11-15(3)24(18)23-19/h4-8,11,13H,9-10,12H2,1-3H3,(H,20,25). The Labute approximate surface area is 157 Å². The minimum Gasteiger partial charge on any atom is -0.353 e. The van der Waals surface area contributed by atoms with E-state index in [0.717, 1.165) is 24.2 Å². The Morgan fingerprint density at radius 3 is 2.77 bits per heavy atom. The molecule has 1 amide bonds. The molecule has 3 aromatic rings. The molecule has 0 spiro atoms. The van der Waals surface area contributed by atoms with E-state index in [9.17, 15) is 4.79 Å². The van der Waals surface area contributed by atoms with Gasteiger partial charge in [0.15, 0.2) is 0 Å². The van der Waals surface area contributed by atoms with E-state index in [1.807, 2.05) is 45.0 Å². The maximum Gasteiger partial charge on any atom is 0.253 e. The van der Waals surface area contributed by atoms with E-state index in [-0.39, 0.29) is 11.9 Å². The molecular weight excluding hydrogens is 346 g/mol. The van der Waals surface area contributed by atoms with Gasteiger partial charge in [-0.15, -0.1) is 5.10 Å². The second-order valence-corrected chi connectivity index (χ2v) is 7.37. The van der Waals surface area contributed by atoms with E-state index in [0.29, 0.717) is 16.7 Å². The lowest BCUT2D eigenvalue weighted by Crippen LogP contribution is -2.34. The van der Waals surface area contributed by atoms with E-state index in [1.54, 1.807) is 4.52 Å². The van der Waals surface area contributed by atoms with Crippen LogP contribution in [0.5, 0.6) is 0 Å². The Kier molecular flexibility index (Phi) is 5.88. The third-order valence-corrected chi connectivity index (χ3v) is 4.89. The molecule has 0 aliphatic rings. The summed E-state index contributed by atoms with van der Waals surface area (Å²) >= 11 is 1.33. The van der Waals surface area contributed by atoms with E-state index in [1.165, 1.54) is 17.3 Å². The summed E-state index contributed by atoms with van der Waals surface area (Å²) in [6.07, 6.45) is 1.86. The van der Waals surface area contributed by atoms with Crippen LogP contribution in [0.15, 0.2) is 41.6 Å². The van der Waals surface area contributed by atoms with Gasteiger partial charge in [0.05, 0.1) is 5.75 Å². The number of nitrogens with zero attached hydrogens (tertiary/aromatic N) is 4. The maximum absolute atomic E-state index is 12.2. The molecule has 0 aliphatic heterocycles. The zero-order valence-corrected chi connectivity index (χ0v) is 16.1. The maximum atomic E-state index is 12.2. The molecule has 136 valence electrons. The van der Waals surface area contributed by atoms with Crippen molar-refractivity contribution in [1.29, 1.82) is 0 Å². The SMILES string of the molecule is Cc1cc(C)n2nc(SCC(=O)NC(C)CCc3ccccc3)nc2n1. The second kappa shape index (κ2) is 8.31. The fourth-order valence-electron chi connectivity index (χ4n) is 2.76. The van der Waals surface area contributed by atoms with Crippen LogP contribution >= 0.6 is 11.8 Å². The highest BCUT2D eigenvalue weighted by molar-refractivity contribution is 7.99. The van der Waals surface area contributed by atoms with Crippen molar-refractivity contribution in [2.75, 3.05) is 5.75 Å². The molecule has 1 unspecified atom stereocenters. The van der Waals surface area contributed by atoms with Crippen molar-refractivity contribution in [3.05, 3.63) is 53.3 Å². The number of aryl methyl sites for hydroxylation is 3. The van der Waals surface area contributed by atoms with Gasteiger partial charge >= 0.3 is 0 Å². The average Bonchev–Trinajstić information content (AvgIpc) is 3.02. The number of rotatable bonds is 7. The summed E-state index contributed by atoms with van der Waals surface area (Å²) in [5.41, 5.74) is 3.17. The Hall–Kier alpha value is -2.41. The van der Waals surface area contributed by atoms with Gasteiger partial charge in [-0.3, -0.25) is 4.79 Å². The molecule has 0 saturated heterocycles. The molecule has 0 bridgehead atoms. The van der Waals surface area contributed by atoms with Crippen LogP contribution in [0.2, 0.25) is 0 Å². The van der Waals surface area contributed by atoms with E-state index in [2.05, 4.69) is 32.5 Å². The highest BCUT2D eigenvalue weighted by Gasteiger charge is 2.12. The molecule has 0 fully saturated rings. The molecule has 26 heavy (non-hydrogen) atoms. The first-order chi connectivity index (χ1) is 12.5. The normalized spacial score (nSPS) is 12.3. The third kappa shape index (κ3) is 4.82. The summed E-state index contributed by atoms with van der Waals surface area (Å²) in [6.45, 7) is 5.93. The summed E-state index contributed by atoms with van der Waals surface area (Å²) in [5, 5.41) is 8.01. The summed E-state index contributed by atoms with van der Waals surface area (Å²) in [4.78, 5) is 20.9. The zero-order chi connectivity index (χ0) is 18.5.